The van der Waals surface area contributed by atoms with Crippen LogP contribution in [-0.4, -0.2) is 23.1 Å². The van der Waals surface area contributed by atoms with Crippen LogP contribution < -0.4 is 4.90 Å². The summed E-state index contributed by atoms with van der Waals surface area (Å²) < 4.78 is 0. The zero-order chi connectivity index (χ0) is 14.7. The molecule has 0 atom stereocenters. The summed E-state index contributed by atoms with van der Waals surface area (Å²) >= 11 is 5.83. The van der Waals surface area contributed by atoms with Crippen LogP contribution in [0.3, 0.4) is 0 Å². The molecule has 6 heteroatoms. The van der Waals surface area contributed by atoms with E-state index in [1.807, 2.05) is 6.07 Å². The van der Waals surface area contributed by atoms with E-state index < -0.39 is 5.97 Å². The van der Waals surface area contributed by atoms with Gasteiger partial charge in [0.2, 0.25) is 0 Å². The monoisotopic (exact) mass is 287 g/mol. The highest BCUT2D eigenvalue weighted by atomic mass is 35.5. The maximum atomic E-state index is 11.0. The maximum Gasteiger partial charge on any atom is 0.335 e. The van der Waals surface area contributed by atoms with Crippen molar-refractivity contribution < 1.29 is 9.90 Å². The summed E-state index contributed by atoms with van der Waals surface area (Å²) in [7, 11) is 1.72. The first-order valence-electron chi connectivity index (χ1n) is 5.66. The Balaban J connectivity index is 2.45. The Morgan fingerprint density at radius 1 is 1.40 bits per heavy atom. The molecule has 100 valence electrons. The van der Waals surface area contributed by atoms with E-state index in [0.717, 1.165) is 5.69 Å². The van der Waals surface area contributed by atoms with Crippen molar-refractivity contribution in [3.8, 4) is 6.07 Å². The molecule has 0 aliphatic rings. The van der Waals surface area contributed by atoms with E-state index in [2.05, 4.69) is 4.98 Å². The number of nitrogens with zero attached hydrogens (tertiary/aromatic N) is 3. The Kier molecular flexibility index (Phi) is 3.87. The number of halogens is 1. The standard InChI is InChI=1S/C14H10ClN3O2/c1-18(11-4-2-3-9(5-11)8-16)13-7-10(14(19)20)6-12(15)17-13/h2-7H,1H3,(H,19,20). The van der Waals surface area contributed by atoms with Gasteiger partial charge in [0.1, 0.15) is 11.0 Å². The molecule has 1 heterocycles. The van der Waals surface area contributed by atoms with Crippen LogP contribution in [0, 0.1) is 11.3 Å². The van der Waals surface area contributed by atoms with Crippen molar-refractivity contribution >= 4 is 29.1 Å². The first-order valence-corrected chi connectivity index (χ1v) is 6.04. The summed E-state index contributed by atoms with van der Waals surface area (Å²) in [6.45, 7) is 0. The second-order valence-electron chi connectivity index (χ2n) is 4.06. The van der Waals surface area contributed by atoms with Crippen molar-refractivity contribution in [3.05, 3.63) is 52.7 Å². The fourth-order valence-corrected chi connectivity index (χ4v) is 1.90. The van der Waals surface area contributed by atoms with Crippen LogP contribution in [0.25, 0.3) is 0 Å². The second-order valence-corrected chi connectivity index (χ2v) is 4.45. The van der Waals surface area contributed by atoms with Crippen molar-refractivity contribution in [2.24, 2.45) is 0 Å². The number of nitriles is 1. The molecule has 0 aliphatic carbocycles. The summed E-state index contributed by atoms with van der Waals surface area (Å²) in [5.41, 5.74) is 1.29. The van der Waals surface area contributed by atoms with Crippen LogP contribution in [-0.2, 0) is 0 Å². The van der Waals surface area contributed by atoms with Gasteiger partial charge in [0.25, 0.3) is 0 Å². The minimum absolute atomic E-state index is 0.0586. The van der Waals surface area contributed by atoms with Crippen molar-refractivity contribution in [1.82, 2.24) is 4.98 Å². The molecule has 1 aromatic carbocycles. The lowest BCUT2D eigenvalue weighted by atomic mass is 10.2. The van der Waals surface area contributed by atoms with E-state index in [4.69, 9.17) is 22.0 Å². The fraction of sp³-hybridized carbons (Fsp3) is 0.0714. The molecule has 2 aromatic rings. The zero-order valence-electron chi connectivity index (χ0n) is 10.5. The average molecular weight is 288 g/mol. The minimum atomic E-state index is -1.07. The highest BCUT2D eigenvalue weighted by Gasteiger charge is 2.12. The van der Waals surface area contributed by atoms with Crippen LogP contribution in [0.1, 0.15) is 15.9 Å². The second kappa shape index (κ2) is 5.59. The van der Waals surface area contributed by atoms with Crippen molar-refractivity contribution in [3.63, 3.8) is 0 Å². The molecular weight excluding hydrogens is 278 g/mol. The van der Waals surface area contributed by atoms with E-state index in [-0.39, 0.29) is 10.7 Å². The van der Waals surface area contributed by atoms with E-state index in [1.54, 1.807) is 36.2 Å². The largest absolute Gasteiger partial charge is 0.478 e. The zero-order valence-corrected chi connectivity index (χ0v) is 11.3. The number of pyridine rings is 1. The SMILES string of the molecule is CN(c1cccc(C#N)c1)c1cc(C(=O)O)cc(Cl)n1. The van der Waals surface area contributed by atoms with Crippen molar-refractivity contribution in [2.45, 2.75) is 0 Å². The molecule has 1 aromatic heterocycles. The molecule has 5 nitrogen and oxygen atoms in total. The number of rotatable bonds is 3. The minimum Gasteiger partial charge on any atom is -0.478 e. The van der Waals surface area contributed by atoms with Crippen LogP contribution >= 0.6 is 11.6 Å². The van der Waals surface area contributed by atoms with Crippen molar-refractivity contribution in [1.29, 1.82) is 5.26 Å². The number of hydrogen-bond donors (Lipinski definition) is 1. The molecular formula is C14H10ClN3O2. The molecule has 0 unspecified atom stereocenters. The number of carboxylic acids is 1. The third-order valence-electron chi connectivity index (χ3n) is 2.73. The van der Waals surface area contributed by atoms with Gasteiger partial charge in [0, 0.05) is 12.7 Å². The molecule has 20 heavy (non-hydrogen) atoms. The third-order valence-corrected chi connectivity index (χ3v) is 2.93. The molecule has 0 spiro atoms. The molecule has 0 fully saturated rings. The van der Waals surface area contributed by atoms with Crippen LogP contribution in [0.5, 0.6) is 0 Å². The van der Waals surface area contributed by atoms with Gasteiger partial charge < -0.3 is 10.0 Å². The highest BCUT2D eigenvalue weighted by molar-refractivity contribution is 6.29. The molecule has 0 amide bonds. The summed E-state index contributed by atoms with van der Waals surface area (Å²) in [5, 5.41) is 18.0. The molecule has 0 bridgehead atoms. The van der Waals surface area contributed by atoms with Gasteiger partial charge >= 0.3 is 5.97 Å². The van der Waals surface area contributed by atoms with Gasteiger partial charge in [-0.1, -0.05) is 17.7 Å². The van der Waals surface area contributed by atoms with Crippen LogP contribution in [0.4, 0.5) is 11.5 Å². The van der Waals surface area contributed by atoms with Crippen LogP contribution in [0.2, 0.25) is 5.15 Å². The van der Waals surface area contributed by atoms with Crippen molar-refractivity contribution in [2.75, 3.05) is 11.9 Å². The van der Waals surface area contributed by atoms with Gasteiger partial charge in [-0.2, -0.15) is 5.26 Å². The normalized spacial score (nSPS) is 9.85. The predicted molar refractivity (Wildman–Crippen MR) is 75.4 cm³/mol. The van der Waals surface area contributed by atoms with Gasteiger partial charge in [-0.15, -0.1) is 0 Å². The number of aromatic nitrogens is 1. The summed E-state index contributed by atoms with van der Waals surface area (Å²) in [6, 6.07) is 11.7. The Morgan fingerprint density at radius 3 is 2.80 bits per heavy atom. The van der Waals surface area contributed by atoms with Gasteiger partial charge in [-0.3, -0.25) is 0 Å². The maximum absolute atomic E-state index is 11.0. The predicted octanol–water partition coefficient (Wildman–Crippen LogP) is 3.07. The molecule has 0 radical (unpaired) electrons. The van der Waals surface area contributed by atoms with Gasteiger partial charge in [-0.25, -0.2) is 9.78 Å². The number of carbonyl (C=O) groups is 1. The lowest BCUT2D eigenvalue weighted by Crippen LogP contribution is -2.12. The lowest BCUT2D eigenvalue weighted by Gasteiger charge is -2.19. The molecule has 0 saturated carbocycles. The Morgan fingerprint density at radius 2 is 2.15 bits per heavy atom. The smallest absolute Gasteiger partial charge is 0.335 e. The topological polar surface area (TPSA) is 77.2 Å². The number of benzene rings is 1. The Hall–Kier alpha value is -2.58. The van der Waals surface area contributed by atoms with Crippen LogP contribution in [0.15, 0.2) is 36.4 Å². The molecule has 0 saturated heterocycles. The third kappa shape index (κ3) is 2.87. The lowest BCUT2D eigenvalue weighted by molar-refractivity contribution is 0.0697. The van der Waals surface area contributed by atoms with E-state index in [1.165, 1.54) is 12.1 Å². The van der Waals surface area contributed by atoms with Gasteiger partial charge in [0.15, 0.2) is 0 Å². The molecule has 1 N–H and O–H groups in total. The first kappa shape index (κ1) is 13.8. The van der Waals surface area contributed by atoms with E-state index >= 15 is 0 Å². The average Bonchev–Trinajstić information content (AvgIpc) is 2.45. The van der Waals surface area contributed by atoms with E-state index in [9.17, 15) is 4.79 Å². The highest BCUT2D eigenvalue weighted by Crippen LogP contribution is 2.25. The van der Waals surface area contributed by atoms with Gasteiger partial charge in [-0.05, 0) is 30.3 Å². The molecule has 0 aliphatic heterocycles. The summed E-state index contributed by atoms with van der Waals surface area (Å²) in [5.74, 6) is -0.681. The number of carboxylic acid groups (broad SMARTS) is 1. The van der Waals surface area contributed by atoms with E-state index in [0.29, 0.717) is 11.4 Å². The number of anilines is 2. The van der Waals surface area contributed by atoms with Gasteiger partial charge in [0.05, 0.1) is 17.2 Å². The number of aromatic carboxylic acids is 1. The quantitative estimate of drug-likeness (QED) is 0.878. The fourth-order valence-electron chi connectivity index (χ4n) is 1.69. The molecule has 2 rings (SSSR count). The Labute approximate surface area is 120 Å². The first-order chi connectivity index (χ1) is 9.51. The number of hydrogen-bond acceptors (Lipinski definition) is 4. The summed E-state index contributed by atoms with van der Waals surface area (Å²) in [6.07, 6.45) is 0. The summed E-state index contributed by atoms with van der Waals surface area (Å²) in [4.78, 5) is 16.8. The Bertz CT molecular complexity index is 710.